The SMILES string of the molecule is N#CCCOC(=O)C=C1CS(=O)(=O)c2ccccc21. The molecule has 0 bridgehead atoms. The minimum Gasteiger partial charge on any atom is -0.461 e. The van der Waals surface area contributed by atoms with Gasteiger partial charge in [-0.2, -0.15) is 5.26 Å². The molecule has 0 saturated heterocycles. The Balaban J connectivity index is 2.24. The second-order valence-electron chi connectivity index (χ2n) is 4.00. The van der Waals surface area contributed by atoms with Gasteiger partial charge in [0, 0.05) is 6.08 Å². The molecule has 2 rings (SSSR count). The van der Waals surface area contributed by atoms with Gasteiger partial charge >= 0.3 is 5.97 Å². The number of benzene rings is 1. The fourth-order valence-electron chi connectivity index (χ4n) is 1.86. The van der Waals surface area contributed by atoms with Crippen LogP contribution in [0, 0.1) is 11.3 Å². The molecule has 1 aliphatic rings. The molecule has 0 fully saturated rings. The van der Waals surface area contributed by atoms with Crippen molar-refractivity contribution in [3.63, 3.8) is 0 Å². The molecule has 0 spiro atoms. The van der Waals surface area contributed by atoms with E-state index in [4.69, 9.17) is 10.00 Å². The molecule has 19 heavy (non-hydrogen) atoms. The highest BCUT2D eigenvalue weighted by Crippen LogP contribution is 2.33. The molecule has 0 aliphatic carbocycles. The summed E-state index contributed by atoms with van der Waals surface area (Å²) in [5.41, 5.74) is 0.970. The van der Waals surface area contributed by atoms with Crippen LogP contribution in [-0.4, -0.2) is 26.7 Å². The van der Waals surface area contributed by atoms with Gasteiger partial charge in [0.1, 0.15) is 6.61 Å². The number of fused-ring (bicyclic) bond motifs is 1. The maximum atomic E-state index is 11.9. The van der Waals surface area contributed by atoms with Crippen LogP contribution >= 0.6 is 0 Å². The summed E-state index contributed by atoms with van der Waals surface area (Å²) < 4.78 is 28.5. The molecular weight excluding hydrogens is 266 g/mol. The lowest BCUT2D eigenvalue weighted by Crippen LogP contribution is -2.04. The third-order valence-corrected chi connectivity index (χ3v) is 4.38. The van der Waals surface area contributed by atoms with Gasteiger partial charge in [-0.15, -0.1) is 0 Å². The molecule has 0 N–H and O–H groups in total. The Hall–Kier alpha value is -2.13. The number of hydrogen-bond donors (Lipinski definition) is 0. The number of sulfone groups is 1. The minimum absolute atomic E-state index is 0.00745. The second-order valence-corrected chi connectivity index (χ2v) is 5.96. The number of carbonyl (C=O) groups excluding carboxylic acids is 1. The third kappa shape index (κ3) is 2.83. The van der Waals surface area contributed by atoms with Crippen molar-refractivity contribution in [2.45, 2.75) is 11.3 Å². The quantitative estimate of drug-likeness (QED) is 0.472. The lowest BCUT2D eigenvalue weighted by atomic mass is 10.1. The predicted octanol–water partition coefficient (Wildman–Crippen LogP) is 1.31. The Morgan fingerprint density at radius 2 is 2.16 bits per heavy atom. The van der Waals surface area contributed by atoms with Gasteiger partial charge in [0.15, 0.2) is 9.84 Å². The first-order chi connectivity index (χ1) is 9.04. The van der Waals surface area contributed by atoms with Crippen molar-refractivity contribution in [2.75, 3.05) is 12.4 Å². The predicted molar refractivity (Wildman–Crippen MR) is 67.7 cm³/mol. The molecule has 0 unspecified atom stereocenters. The van der Waals surface area contributed by atoms with E-state index in [1.165, 1.54) is 12.1 Å². The van der Waals surface area contributed by atoms with E-state index in [1.807, 2.05) is 6.07 Å². The van der Waals surface area contributed by atoms with E-state index in [2.05, 4.69) is 0 Å². The third-order valence-electron chi connectivity index (χ3n) is 2.66. The lowest BCUT2D eigenvalue weighted by Gasteiger charge is -2.00. The minimum atomic E-state index is -3.35. The Morgan fingerprint density at radius 3 is 2.89 bits per heavy atom. The zero-order valence-electron chi connectivity index (χ0n) is 10.00. The highest BCUT2D eigenvalue weighted by Gasteiger charge is 2.30. The van der Waals surface area contributed by atoms with Crippen LogP contribution in [0.1, 0.15) is 12.0 Å². The zero-order chi connectivity index (χ0) is 13.9. The fourth-order valence-corrected chi connectivity index (χ4v) is 3.49. The summed E-state index contributed by atoms with van der Waals surface area (Å²) in [5, 5.41) is 8.33. The van der Waals surface area contributed by atoms with Crippen LogP contribution in [0.25, 0.3) is 5.57 Å². The zero-order valence-corrected chi connectivity index (χ0v) is 10.8. The van der Waals surface area contributed by atoms with E-state index < -0.39 is 15.8 Å². The Kier molecular flexibility index (Phi) is 3.67. The van der Waals surface area contributed by atoms with E-state index in [1.54, 1.807) is 18.2 Å². The smallest absolute Gasteiger partial charge is 0.331 e. The summed E-state index contributed by atoms with van der Waals surface area (Å²) in [7, 11) is -3.35. The van der Waals surface area contributed by atoms with Crippen LogP contribution in [0.2, 0.25) is 0 Å². The highest BCUT2D eigenvalue weighted by molar-refractivity contribution is 7.92. The summed E-state index contributed by atoms with van der Waals surface area (Å²) >= 11 is 0. The van der Waals surface area contributed by atoms with Gasteiger partial charge < -0.3 is 4.74 Å². The van der Waals surface area contributed by atoms with Crippen molar-refractivity contribution >= 4 is 21.4 Å². The second kappa shape index (κ2) is 5.24. The number of nitrogens with zero attached hydrogens (tertiary/aromatic N) is 1. The molecule has 98 valence electrons. The van der Waals surface area contributed by atoms with Gasteiger partial charge in [-0.3, -0.25) is 0 Å². The average molecular weight is 277 g/mol. The summed E-state index contributed by atoms with van der Waals surface area (Å²) in [4.78, 5) is 11.7. The van der Waals surface area contributed by atoms with E-state index >= 15 is 0 Å². The highest BCUT2D eigenvalue weighted by atomic mass is 32.2. The molecule has 0 radical (unpaired) electrons. The fraction of sp³-hybridized carbons (Fsp3) is 0.231. The van der Waals surface area contributed by atoms with Crippen LogP contribution in [0.5, 0.6) is 0 Å². The summed E-state index contributed by atoms with van der Waals surface area (Å²) in [6.45, 7) is 0.00745. The van der Waals surface area contributed by atoms with Crippen LogP contribution in [-0.2, 0) is 19.4 Å². The topological polar surface area (TPSA) is 84.2 Å². The van der Waals surface area contributed by atoms with E-state index in [9.17, 15) is 13.2 Å². The van der Waals surface area contributed by atoms with Crippen LogP contribution in [0.4, 0.5) is 0 Å². The molecule has 5 nitrogen and oxygen atoms in total. The average Bonchev–Trinajstić information content (AvgIpc) is 2.62. The molecule has 6 heteroatoms. The molecule has 1 aromatic carbocycles. The van der Waals surface area contributed by atoms with Crippen molar-refractivity contribution in [1.29, 1.82) is 5.26 Å². The standard InChI is InChI=1S/C13H11NO4S/c14-6-3-7-18-13(15)8-10-9-19(16,17)12-5-2-1-4-11(10)12/h1-2,4-5,8H,3,7,9H2. The summed E-state index contributed by atoms with van der Waals surface area (Å²) in [5.74, 6) is -0.822. The number of hydrogen-bond acceptors (Lipinski definition) is 5. The van der Waals surface area contributed by atoms with Crippen LogP contribution in [0.3, 0.4) is 0 Å². The lowest BCUT2D eigenvalue weighted by molar-refractivity contribution is -0.137. The molecule has 0 aromatic heterocycles. The van der Waals surface area contributed by atoms with Crippen molar-refractivity contribution in [1.82, 2.24) is 0 Å². The van der Waals surface area contributed by atoms with Crippen molar-refractivity contribution in [3.8, 4) is 6.07 Å². The maximum Gasteiger partial charge on any atom is 0.331 e. The van der Waals surface area contributed by atoms with E-state index in [0.29, 0.717) is 11.1 Å². The molecule has 0 atom stereocenters. The van der Waals surface area contributed by atoms with Crippen LogP contribution < -0.4 is 0 Å². The number of nitriles is 1. The van der Waals surface area contributed by atoms with Crippen molar-refractivity contribution < 1.29 is 17.9 Å². The van der Waals surface area contributed by atoms with Gasteiger partial charge in [0.2, 0.25) is 0 Å². The van der Waals surface area contributed by atoms with Crippen LogP contribution in [0.15, 0.2) is 35.2 Å². The van der Waals surface area contributed by atoms with E-state index in [0.717, 1.165) is 0 Å². The molecular formula is C13H11NO4S. The van der Waals surface area contributed by atoms with Crippen molar-refractivity contribution in [3.05, 3.63) is 35.9 Å². The van der Waals surface area contributed by atoms with Gasteiger partial charge in [-0.05, 0) is 17.2 Å². The first-order valence-corrected chi connectivity index (χ1v) is 7.26. The normalized spacial score (nSPS) is 17.7. The first-order valence-electron chi connectivity index (χ1n) is 5.61. The van der Waals surface area contributed by atoms with Gasteiger partial charge in [0.05, 0.1) is 23.1 Å². The number of carbonyl (C=O) groups is 1. The largest absolute Gasteiger partial charge is 0.461 e. The molecule has 0 amide bonds. The summed E-state index contributed by atoms with van der Waals surface area (Å²) in [6, 6.07) is 8.39. The Labute approximate surface area is 111 Å². The monoisotopic (exact) mass is 277 g/mol. The Bertz CT molecular complexity index is 683. The van der Waals surface area contributed by atoms with Gasteiger partial charge in [0.25, 0.3) is 0 Å². The van der Waals surface area contributed by atoms with Gasteiger partial charge in [-0.1, -0.05) is 18.2 Å². The number of esters is 1. The molecule has 0 saturated carbocycles. The molecule has 1 aromatic rings. The number of rotatable bonds is 3. The first kappa shape index (κ1) is 13.3. The molecule has 1 heterocycles. The molecule has 1 aliphatic heterocycles. The maximum absolute atomic E-state index is 11.9. The summed E-state index contributed by atoms with van der Waals surface area (Å²) in [6.07, 6.45) is 1.30. The van der Waals surface area contributed by atoms with Gasteiger partial charge in [-0.25, -0.2) is 13.2 Å². The Morgan fingerprint density at radius 1 is 1.42 bits per heavy atom. The van der Waals surface area contributed by atoms with Crippen molar-refractivity contribution in [2.24, 2.45) is 0 Å². The number of ether oxygens (including phenoxy) is 1. The van der Waals surface area contributed by atoms with E-state index in [-0.39, 0.29) is 23.7 Å².